The number of hydrogen-bond donors (Lipinski definition) is 1. The largest absolute Gasteiger partial charge is 0.493 e. The Morgan fingerprint density at radius 3 is 2.30 bits per heavy atom. The van der Waals surface area contributed by atoms with E-state index >= 15 is 0 Å². The highest BCUT2D eigenvalue weighted by Crippen LogP contribution is 2.30. The van der Waals surface area contributed by atoms with Gasteiger partial charge in [0.2, 0.25) is 0 Å². The quantitative estimate of drug-likeness (QED) is 0.240. The van der Waals surface area contributed by atoms with E-state index in [0.717, 1.165) is 5.75 Å². The summed E-state index contributed by atoms with van der Waals surface area (Å²) in [6, 6.07) is 20.1. The highest BCUT2D eigenvalue weighted by molar-refractivity contribution is 6.31. The first-order valence-electron chi connectivity index (χ1n) is 12.0. The molecule has 1 saturated heterocycles. The van der Waals surface area contributed by atoms with Gasteiger partial charge in [-0.1, -0.05) is 30.3 Å². The van der Waals surface area contributed by atoms with Gasteiger partial charge in [0.1, 0.15) is 24.5 Å². The fraction of sp³-hybridized carbons (Fsp3) is 0.241. The van der Waals surface area contributed by atoms with Gasteiger partial charge in [-0.25, -0.2) is 5.01 Å². The molecule has 8 nitrogen and oxygen atoms in total. The van der Waals surface area contributed by atoms with Gasteiger partial charge in [0.05, 0.1) is 26.0 Å². The van der Waals surface area contributed by atoms with E-state index in [-0.39, 0.29) is 5.57 Å². The number of benzene rings is 3. The summed E-state index contributed by atoms with van der Waals surface area (Å²) in [4.78, 5) is 25.2. The number of anilines is 1. The number of nitrogens with zero attached hydrogens (tertiary/aromatic N) is 1. The number of para-hydroxylation sites is 1. The first-order chi connectivity index (χ1) is 18.0. The molecule has 8 heteroatoms. The zero-order chi connectivity index (χ0) is 26.2. The Balaban J connectivity index is 1.27. The highest BCUT2D eigenvalue weighted by Gasteiger charge is 2.34. The van der Waals surface area contributed by atoms with Crippen molar-refractivity contribution < 1.29 is 28.5 Å². The normalized spacial score (nSPS) is 14.1. The second kappa shape index (κ2) is 12.1. The highest BCUT2D eigenvalue weighted by atomic mass is 16.6. The maximum absolute atomic E-state index is 12.8. The lowest BCUT2D eigenvalue weighted by Gasteiger charge is -2.14. The predicted octanol–water partition coefficient (Wildman–Crippen LogP) is 4.25. The minimum Gasteiger partial charge on any atom is -0.493 e. The van der Waals surface area contributed by atoms with Crippen molar-refractivity contribution in [3.63, 3.8) is 0 Å². The zero-order valence-corrected chi connectivity index (χ0v) is 21.2. The molecule has 0 atom stereocenters. The number of hydrogen-bond acceptors (Lipinski definition) is 6. The van der Waals surface area contributed by atoms with Crippen molar-refractivity contribution in [1.29, 1.82) is 0 Å². The molecule has 2 amide bonds. The van der Waals surface area contributed by atoms with Gasteiger partial charge in [-0.05, 0) is 73.0 Å². The monoisotopic (exact) mass is 502 g/mol. The Morgan fingerprint density at radius 2 is 1.57 bits per heavy atom. The molecule has 1 N–H and O–H groups in total. The Bertz CT molecular complexity index is 1290. The number of amides is 2. The van der Waals surface area contributed by atoms with Crippen LogP contribution in [0, 0.1) is 13.8 Å². The molecule has 0 unspecified atom stereocenters. The number of aryl methyl sites for hydroxylation is 2. The average molecular weight is 503 g/mol. The molecule has 37 heavy (non-hydrogen) atoms. The van der Waals surface area contributed by atoms with E-state index in [1.165, 1.54) is 29.3 Å². The van der Waals surface area contributed by atoms with Crippen molar-refractivity contribution in [1.82, 2.24) is 5.43 Å². The number of ether oxygens (including phenoxy) is 4. The summed E-state index contributed by atoms with van der Waals surface area (Å²) in [5.74, 6) is 0.958. The third-order valence-electron chi connectivity index (χ3n) is 5.86. The minimum atomic E-state index is -0.466. The van der Waals surface area contributed by atoms with Crippen molar-refractivity contribution in [2.75, 3.05) is 38.5 Å². The molecule has 0 radical (unpaired) electrons. The summed E-state index contributed by atoms with van der Waals surface area (Å²) < 4.78 is 22.6. The smallest absolute Gasteiger partial charge is 0.282 e. The molecule has 1 aliphatic rings. The van der Waals surface area contributed by atoms with Crippen molar-refractivity contribution in [2.24, 2.45) is 0 Å². The van der Waals surface area contributed by atoms with E-state index in [4.69, 9.17) is 18.9 Å². The molecular weight excluding hydrogens is 472 g/mol. The van der Waals surface area contributed by atoms with Crippen LogP contribution in [0.15, 0.2) is 72.3 Å². The van der Waals surface area contributed by atoms with Gasteiger partial charge in [-0.15, -0.1) is 0 Å². The fourth-order valence-electron chi connectivity index (χ4n) is 3.71. The van der Waals surface area contributed by atoms with E-state index in [2.05, 4.69) is 19.3 Å². The molecule has 1 fully saturated rings. The second-order valence-corrected chi connectivity index (χ2v) is 8.44. The van der Waals surface area contributed by atoms with Crippen LogP contribution in [-0.4, -0.2) is 45.4 Å². The molecule has 192 valence electrons. The molecule has 1 heterocycles. The van der Waals surface area contributed by atoms with Crippen molar-refractivity contribution in [2.45, 2.75) is 13.8 Å². The van der Waals surface area contributed by atoms with Crippen LogP contribution < -0.4 is 24.6 Å². The first-order valence-corrected chi connectivity index (χ1v) is 12.0. The fourth-order valence-corrected chi connectivity index (χ4v) is 3.71. The van der Waals surface area contributed by atoms with Crippen molar-refractivity contribution in [3.8, 4) is 17.2 Å². The average Bonchev–Trinajstić information content (AvgIpc) is 3.19. The second-order valence-electron chi connectivity index (χ2n) is 8.44. The number of hydrazine groups is 1. The summed E-state index contributed by atoms with van der Waals surface area (Å²) in [7, 11) is 1.53. The first kappa shape index (κ1) is 25.8. The van der Waals surface area contributed by atoms with Gasteiger partial charge in [0.15, 0.2) is 11.5 Å². The maximum Gasteiger partial charge on any atom is 0.282 e. The topological polar surface area (TPSA) is 86.3 Å². The van der Waals surface area contributed by atoms with Gasteiger partial charge >= 0.3 is 0 Å². The number of carbonyl (C=O) groups is 2. The van der Waals surface area contributed by atoms with Crippen LogP contribution in [0.3, 0.4) is 0 Å². The molecule has 0 spiro atoms. The Hall–Kier alpha value is -4.30. The minimum absolute atomic E-state index is 0.0380. The van der Waals surface area contributed by atoms with E-state index in [1.807, 2.05) is 24.3 Å². The van der Waals surface area contributed by atoms with Crippen LogP contribution in [0.25, 0.3) is 6.08 Å². The summed E-state index contributed by atoms with van der Waals surface area (Å²) >= 11 is 0. The lowest BCUT2D eigenvalue weighted by atomic mass is 10.1. The van der Waals surface area contributed by atoms with E-state index < -0.39 is 11.8 Å². The Labute approximate surface area is 216 Å². The van der Waals surface area contributed by atoms with Gasteiger partial charge in [0, 0.05) is 0 Å². The zero-order valence-electron chi connectivity index (χ0n) is 21.2. The number of nitrogens with one attached hydrogen (secondary N) is 1. The number of rotatable bonds is 11. The SMILES string of the molecule is COc1cc(/C=C2\C(=O)NN(c3ccccc3)C2=O)ccc1OCCOCCOc1ccc(C)c(C)c1. The molecule has 0 saturated carbocycles. The van der Waals surface area contributed by atoms with E-state index in [9.17, 15) is 9.59 Å². The Morgan fingerprint density at radius 1 is 0.811 bits per heavy atom. The molecule has 3 aromatic rings. The molecule has 0 bridgehead atoms. The lowest BCUT2D eigenvalue weighted by Crippen LogP contribution is -2.35. The molecule has 0 aromatic heterocycles. The number of methoxy groups -OCH3 is 1. The third-order valence-corrected chi connectivity index (χ3v) is 5.86. The molecule has 3 aromatic carbocycles. The summed E-state index contributed by atoms with van der Waals surface area (Å²) in [6.07, 6.45) is 1.53. The van der Waals surface area contributed by atoms with Gasteiger partial charge in [-0.2, -0.15) is 0 Å². The Kier molecular flexibility index (Phi) is 8.43. The maximum atomic E-state index is 12.8. The molecule has 1 aliphatic heterocycles. The van der Waals surface area contributed by atoms with Crippen molar-refractivity contribution in [3.05, 3.63) is 89.0 Å². The lowest BCUT2D eigenvalue weighted by molar-refractivity contribution is -0.117. The summed E-state index contributed by atoms with van der Waals surface area (Å²) in [5, 5.41) is 1.23. The third kappa shape index (κ3) is 6.48. The van der Waals surface area contributed by atoms with Crippen LogP contribution in [0.5, 0.6) is 17.2 Å². The van der Waals surface area contributed by atoms with Crippen LogP contribution in [0.1, 0.15) is 16.7 Å². The summed E-state index contributed by atoms with van der Waals surface area (Å²) in [5.41, 5.74) is 6.27. The van der Waals surface area contributed by atoms with Crippen LogP contribution in [-0.2, 0) is 14.3 Å². The molecule has 0 aliphatic carbocycles. The summed E-state index contributed by atoms with van der Waals surface area (Å²) in [6.45, 7) is 5.72. The van der Waals surface area contributed by atoms with E-state index in [0.29, 0.717) is 49.2 Å². The van der Waals surface area contributed by atoms with Gasteiger partial charge in [0.25, 0.3) is 11.8 Å². The van der Waals surface area contributed by atoms with Gasteiger partial charge < -0.3 is 18.9 Å². The van der Waals surface area contributed by atoms with Gasteiger partial charge in [-0.3, -0.25) is 15.0 Å². The molecule has 4 rings (SSSR count). The number of carbonyl (C=O) groups excluding carboxylic acids is 2. The molecular formula is C29H30N2O6. The standard InChI is InChI=1S/C29H30N2O6/c1-20-9-11-24(17-21(20)2)36-15-13-35-14-16-37-26-12-10-22(19-27(26)34-3)18-25-28(32)30-31(29(25)33)23-7-5-4-6-8-23/h4-12,17-19H,13-16H2,1-3H3,(H,30,32)/b25-18+. The predicted molar refractivity (Wildman–Crippen MR) is 141 cm³/mol. The van der Waals surface area contributed by atoms with Crippen molar-refractivity contribution >= 4 is 23.6 Å². The van der Waals surface area contributed by atoms with Crippen LogP contribution in [0.4, 0.5) is 5.69 Å². The van der Waals surface area contributed by atoms with Crippen LogP contribution >= 0.6 is 0 Å². The van der Waals surface area contributed by atoms with E-state index in [1.54, 1.807) is 42.5 Å². The van der Waals surface area contributed by atoms with Crippen LogP contribution in [0.2, 0.25) is 0 Å².